The summed E-state index contributed by atoms with van der Waals surface area (Å²) in [7, 11) is 2.10. The van der Waals surface area contributed by atoms with Gasteiger partial charge in [-0.3, -0.25) is 4.79 Å². The number of nitrogens with two attached hydrogens (primary N) is 1. The molecule has 2 aliphatic rings. The zero-order valence-electron chi connectivity index (χ0n) is 12.0. The molecular formula is C15H23N3OS. The van der Waals surface area contributed by atoms with Crippen LogP contribution in [0.25, 0.3) is 0 Å². The summed E-state index contributed by atoms with van der Waals surface area (Å²) in [5.74, 6) is 0.371. The van der Waals surface area contributed by atoms with Gasteiger partial charge >= 0.3 is 0 Å². The number of rotatable bonds is 2. The van der Waals surface area contributed by atoms with Crippen LogP contribution in [0.1, 0.15) is 29.2 Å². The van der Waals surface area contributed by atoms with Gasteiger partial charge in [0, 0.05) is 31.1 Å². The molecule has 3 rings (SSSR count). The van der Waals surface area contributed by atoms with Gasteiger partial charge in [0.05, 0.1) is 12.0 Å². The van der Waals surface area contributed by atoms with Crippen LogP contribution < -0.4 is 5.73 Å². The second-order valence-electron chi connectivity index (χ2n) is 5.93. The first-order chi connectivity index (χ1) is 9.70. The van der Waals surface area contributed by atoms with Gasteiger partial charge in [0.2, 0.25) is 5.91 Å². The summed E-state index contributed by atoms with van der Waals surface area (Å²) in [6, 6.07) is 2.32. The van der Waals surface area contributed by atoms with E-state index in [1.165, 1.54) is 10.4 Å². The fourth-order valence-electron chi connectivity index (χ4n) is 3.45. The zero-order chi connectivity index (χ0) is 14.1. The molecule has 0 saturated carbocycles. The summed E-state index contributed by atoms with van der Waals surface area (Å²) in [5, 5.41) is 2.13. The first-order valence-corrected chi connectivity index (χ1v) is 8.34. The van der Waals surface area contributed by atoms with E-state index in [0.717, 1.165) is 38.9 Å². The minimum atomic E-state index is 0.0717. The number of aryl methyl sites for hydroxylation is 1. The van der Waals surface area contributed by atoms with Crippen LogP contribution in [0.5, 0.6) is 0 Å². The molecule has 5 heteroatoms. The van der Waals surface area contributed by atoms with Gasteiger partial charge in [-0.1, -0.05) is 0 Å². The number of nitrogens with zero attached hydrogens (tertiary/aromatic N) is 2. The lowest BCUT2D eigenvalue weighted by molar-refractivity contribution is -0.137. The quantitative estimate of drug-likeness (QED) is 0.893. The highest BCUT2D eigenvalue weighted by Gasteiger charge is 2.35. The molecule has 1 aromatic rings. The van der Waals surface area contributed by atoms with E-state index in [2.05, 4.69) is 23.4 Å². The summed E-state index contributed by atoms with van der Waals surface area (Å²) in [6.45, 7) is 3.21. The molecular weight excluding hydrogens is 270 g/mol. The molecule has 1 saturated heterocycles. The number of amides is 1. The van der Waals surface area contributed by atoms with E-state index in [0.29, 0.717) is 12.5 Å². The molecule has 20 heavy (non-hydrogen) atoms. The first-order valence-electron chi connectivity index (χ1n) is 7.46. The van der Waals surface area contributed by atoms with Crippen molar-refractivity contribution in [3.8, 4) is 0 Å². The number of hydrogen-bond acceptors (Lipinski definition) is 4. The highest BCUT2D eigenvalue weighted by molar-refractivity contribution is 7.10. The van der Waals surface area contributed by atoms with Gasteiger partial charge in [0.25, 0.3) is 0 Å². The van der Waals surface area contributed by atoms with Crippen molar-refractivity contribution in [3.63, 3.8) is 0 Å². The first kappa shape index (κ1) is 14.0. The van der Waals surface area contributed by atoms with Gasteiger partial charge in [-0.15, -0.1) is 11.3 Å². The van der Waals surface area contributed by atoms with Crippen LogP contribution in [0.3, 0.4) is 0 Å². The van der Waals surface area contributed by atoms with Gasteiger partial charge in [-0.05, 0) is 43.3 Å². The average molecular weight is 293 g/mol. The number of likely N-dealkylation sites (N-methyl/N-ethyl adjacent to an activating group) is 1. The van der Waals surface area contributed by atoms with Gasteiger partial charge < -0.3 is 15.5 Å². The molecule has 1 aromatic heterocycles. The summed E-state index contributed by atoms with van der Waals surface area (Å²) >= 11 is 1.80. The SMILES string of the molecule is CN1CCN(C(=O)C2CCCc3sccc32)C(CN)C1. The van der Waals surface area contributed by atoms with E-state index in [1.54, 1.807) is 11.3 Å². The molecule has 2 heterocycles. The van der Waals surface area contributed by atoms with Crippen molar-refractivity contribution in [2.45, 2.75) is 31.2 Å². The summed E-state index contributed by atoms with van der Waals surface area (Å²) in [4.78, 5) is 18.7. The summed E-state index contributed by atoms with van der Waals surface area (Å²) < 4.78 is 0. The van der Waals surface area contributed by atoms with E-state index in [4.69, 9.17) is 5.73 Å². The molecule has 110 valence electrons. The van der Waals surface area contributed by atoms with Crippen LogP contribution in [0.2, 0.25) is 0 Å². The van der Waals surface area contributed by atoms with Crippen LogP contribution in [-0.2, 0) is 11.2 Å². The Morgan fingerprint density at radius 2 is 2.35 bits per heavy atom. The van der Waals surface area contributed by atoms with Crippen molar-refractivity contribution < 1.29 is 4.79 Å². The molecule has 0 radical (unpaired) electrons. The fraction of sp³-hybridized carbons (Fsp3) is 0.667. The second kappa shape index (κ2) is 5.84. The van der Waals surface area contributed by atoms with Crippen molar-refractivity contribution in [1.29, 1.82) is 0 Å². The van der Waals surface area contributed by atoms with Crippen molar-refractivity contribution in [1.82, 2.24) is 9.80 Å². The molecule has 1 aliphatic heterocycles. The third-order valence-corrected chi connectivity index (χ3v) is 5.59. The highest BCUT2D eigenvalue weighted by atomic mass is 32.1. The molecule has 2 N–H and O–H groups in total. The van der Waals surface area contributed by atoms with E-state index < -0.39 is 0 Å². The van der Waals surface area contributed by atoms with Crippen LogP contribution in [0.4, 0.5) is 0 Å². The van der Waals surface area contributed by atoms with Crippen LogP contribution in [0, 0.1) is 0 Å². The zero-order valence-corrected chi connectivity index (χ0v) is 12.9. The van der Waals surface area contributed by atoms with Crippen LogP contribution in [0.15, 0.2) is 11.4 Å². The van der Waals surface area contributed by atoms with E-state index >= 15 is 0 Å². The molecule has 0 aromatic carbocycles. The van der Waals surface area contributed by atoms with Gasteiger partial charge in [-0.25, -0.2) is 0 Å². The number of fused-ring (bicyclic) bond motifs is 1. The molecule has 2 unspecified atom stereocenters. The Morgan fingerprint density at radius 1 is 1.50 bits per heavy atom. The Balaban J connectivity index is 1.79. The molecule has 2 atom stereocenters. The van der Waals surface area contributed by atoms with Gasteiger partial charge in [-0.2, -0.15) is 0 Å². The van der Waals surface area contributed by atoms with Crippen molar-refractivity contribution in [2.24, 2.45) is 5.73 Å². The predicted octanol–water partition coefficient (Wildman–Crippen LogP) is 1.27. The smallest absolute Gasteiger partial charge is 0.230 e. The maximum absolute atomic E-state index is 12.9. The van der Waals surface area contributed by atoms with E-state index in [9.17, 15) is 4.79 Å². The third-order valence-electron chi connectivity index (χ3n) is 4.59. The topological polar surface area (TPSA) is 49.6 Å². The number of carbonyl (C=O) groups is 1. The average Bonchev–Trinajstić information content (AvgIpc) is 2.94. The number of piperazine rings is 1. The van der Waals surface area contributed by atoms with Crippen molar-refractivity contribution >= 4 is 17.2 Å². The number of hydrogen-bond donors (Lipinski definition) is 1. The highest BCUT2D eigenvalue weighted by Crippen LogP contribution is 2.36. The molecule has 4 nitrogen and oxygen atoms in total. The van der Waals surface area contributed by atoms with E-state index in [-0.39, 0.29) is 12.0 Å². The number of thiophene rings is 1. The lowest BCUT2D eigenvalue weighted by Crippen LogP contribution is -2.57. The van der Waals surface area contributed by atoms with Gasteiger partial charge in [0.15, 0.2) is 0 Å². The van der Waals surface area contributed by atoms with Crippen molar-refractivity contribution in [3.05, 3.63) is 21.9 Å². The molecule has 1 amide bonds. The summed E-state index contributed by atoms with van der Waals surface area (Å²) in [6.07, 6.45) is 3.26. The Labute approximate surface area is 124 Å². The Morgan fingerprint density at radius 3 is 3.15 bits per heavy atom. The van der Waals surface area contributed by atoms with Gasteiger partial charge in [0.1, 0.15) is 0 Å². The second-order valence-corrected chi connectivity index (χ2v) is 6.93. The van der Waals surface area contributed by atoms with Crippen LogP contribution >= 0.6 is 11.3 Å². The maximum atomic E-state index is 12.9. The largest absolute Gasteiger partial charge is 0.335 e. The molecule has 1 aliphatic carbocycles. The van der Waals surface area contributed by atoms with Crippen LogP contribution in [-0.4, -0.2) is 55.0 Å². The molecule has 1 fully saturated rings. The standard InChI is InChI=1S/C15H23N3OS/c1-17-6-7-18(11(9-16)10-17)15(19)13-3-2-4-14-12(13)5-8-20-14/h5,8,11,13H,2-4,6-7,9-10,16H2,1H3. The molecule has 0 bridgehead atoms. The lowest BCUT2D eigenvalue weighted by atomic mass is 9.86. The Bertz CT molecular complexity index is 487. The number of carbonyl (C=O) groups excluding carboxylic acids is 1. The monoisotopic (exact) mass is 293 g/mol. The summed E-state index contributed by atoms with van der Waals surface area (Å²) in [5.41, 5.74) is 7.16. The molecule has 0 spiro atoms. The normalized spacial score (nSPS) is 27.4. The van der Waals surface area contributed by atoms with Crippen molar-refractivity contribution in [2.75, 3.05) is 33.2 Å². The fourth-order valence-corrected chi connectivity index (χ4v) is 4.43. The Kier molecular flexibility index (Phi) is 4.10. The van der Waals surface area contributed by atoms with E-state index in [1.807, 2.05) is 4.90 Å². The lowest BCUT2D eigenvalue weighted by Gasteiger charge is -2.41. The third kappa shape index (κ3) is 2.50. The minimum Gasteiger partial charge on any atom is -0.335 e. The minimum absolute atomic E-state index is 0.0717. The predicted molar refractivity (Wildman–Crippen MR) is 82.1 cm³/mol. The maximum Gasteiger partial charge on any atom is 0.230 e. The Hall–Kier alpha value is -0.910.